The van der Waals surface area contributed by atoms with E-state index >= 15 is 0 Å². The zero-order valence-corrected chi connectivity index (χ0v) is 13.1. The summed E-state index contributed by atoms with van der Waals surface area (Å²) in [6, 6.07) is 13.6. The average molecular weight is 357 g/mol. The standard InChI is InChI=1S/C14H11BrClNOS/c15-12-4-2-1-3-10(12)8-19-14-6-5-11(16)7-13(14)17-9-18/h1-7,9H,8H2,(H,17,18). The molecule has 98 valence electrons. The molecule has 0 aliphatic carbocycles. The molecular formula is C14H11BrClNOS. The van der Waals surface area contributed by atoms with Crippen molar-refractivity contribution in [3.05, 3.63) is 57.5 Å². The van der Waals surface area contributed by atoms with Crippen LogP contribution in [-0.4, -0.2) is 6.41 Å². The zero-order chi connectivity index (χ0) is 13.7. The molecule has 19 heavy (non-hydrogen) atoms. The van der Waals surface area contributed by atoms with Crippen molar-refractivity contribution in [2.45, 2.75) is 10.6 Å². The molecule has 0 heterocycles. The zero-order valence-electron chi connectivity index (χ0n) is 9.90. The van der Waals surface area contributed by atoms with Gasteiger partial charge in [0, 0.05) is 20.1 Å². The van der Waals surface area contributed by atoms with Crippen LogP contribution in [0.1, 0.15) is 5.56 Å². The van der Waals surface area contributed by atoms with Gasteiger partial charge in [0.25, 0.3) is 0 Å². The summed E-state index contributed by atoms with van der Waals surface area (Å²) in [6.45, 7) is 0. The number of halogens is 2. The molecule has 1 amide bonds. The number of anilines is 1. The number of hydrogen-bond acceptors (Lipinski definition) is 2. The number of rotatable bonds is 5. The van der Waals surface area contributed by atoms with Gasteiger partial charge in [0.15, 0.2) is 0 Å². The first-order valence-electron chi connectivity index (χ1n) is 5.56. The van der Waals surface area contributed by atoms with E-state index in [0.29, 0.717) is 11.4 Å². The smallest absolute Gasteiger partial charge is 0.211 e. The Hall–Kier alpha value is -0.970. The van der Waals surface area contributed by atoms with Gasteiger partial charge in [-0.15, -0.1) is 11.8 Å². The van der Waals surface area contributed by atoms with Crippen LogP contribution in [-0.2, 0) is 10.5 Å². The Bertz CT molecular complexity index is 591. The van der Waals surface area contributed by atoms with Crippen molar-refractivity contribution in [1.29, 1.82) is 0 Å². The maximum atomic E-state index is 10.6. The van der Waals surface area contributed by atoms with Gasteiger partial charge in [0.1, 0.15) is 0 Å². The lowest BCUT2D eigenvalue weighted by molar-refractivity contribution is -0.105. The Morgan fingerprint density at radius 2 is 2.05 bits per heavy atom. The lowest BCUT2D eigenvalue weighted by Gasteiger charge is -2.09. The Morgan fingerprint density at radius 3 is 2.79 bits per heavy atom. The molecule has 2 aromatic carbocycles. The number of amides is 1. The Morgan fingerprint density at radius 1 is 1.26 bits per heavy atom. The van der Waals surface area contributed by atoms with Crippen molar-refractivity contribution in [2.75, 3.05) is 5.32 Å². The molecule has 0 saturated heterocycles. The molecular weight excluding hydrogens is 346 g/mol. The summed E-state index contributed by atoms with van der Waals surface area (Å²) < 4.78 is 1.08. The lowest BCUT2D eigenvalue weighted by atomic mass is 10.2. The average Bonchev–Trinajstić information content (AvgIpc) is 2.40. The van der Waals surface area contributed by atoms with Crippen molar-refractivity contribution in [1.82, 2.24) is 0 Å². The second kappa shape index (κ2) is 6.98. The Balaban J connectivity index is 2.15. The van der Waals surface area contributed by atoms with Crippen molar-refractivity contribution >= 4 is 51.4 Å². The second-order valence-corrected chi connectivity index (χ2v) is 6.09. The quantitative estimate of drug-likeness (QED) is 0.606. The highest BCUT2D eigenvalue weighted by Gasteiger charge is 2.05. The van der Waals surface area contributed by atoms with Gasteiger partial charge in [0.05, 0.1) is 5.69 Å². The molecule has 2 aromatic rings. The van der Waals surface area contributed by atoms with Crippen LogP contribution < -0.4 is 5.32 Å². The van der Waals surface area contributed by atoms with Crippen LogP contribution in [0.5, 0.6) is 0 Å². The van der Waals surface area contributed by atoms with Gasteiger partial charge in [-0.25, -0.2) is 0 Å². The number of carbonyl (C=O) groups excluding carboxylic acids is 1. The summed E-state index contributed by atoms with van der Waals surface area (Å²) in [7, 11) is 0. The van der Waals surface area contributed by atoms with Crippen LogP contribution in [0.25, 0.3) is 0 Å². The summed E-state index contributed by atoms with van der Waals surface area (Å²) in [5.74, 6) is 0.816. The molecule has 0 spiro atoms. The van der Waals surface area contributed by atoms with E-state index in [-0.39, 0.29) is 0 Å². The third-order valence-corrected chi connectivity index (χ3v) is 4.63. The second-order valence-electron chi connectivity index (χ2n) is 3.78. The van der Waals surface area contributed by atoms with E-state index in [1.54, 1.807) is 17.8 Å². The van der Waals surface area contributed by atoms with Gasteiger partial charge in [-0.1, -0.05) is 45.7 Å². The topological polar surface area (TPSA) is 29.1 Å². The van der Waals surface area contributed by atoms with Gasteiger partial charge in [-0.3, -0.25) is 4.79 Å². The van der Waals surface area contributed by atoms with E-state index in [1.807, 2.05) is 30.3 Å². The molecule has 0 fully saturated rings. The normalized spacial score (nSPS) is 10.2. The minimum Gasteiger partial charge on any atom is -0.328 e. The van der Waals surface area contributed by atoms with Crippen LogP contribution in [0, 0.1) is 0 Å². The first-order valence-corrected chi connectivity index (χ1v) is 7.72. The number of carbonyl (C=O) groups is 1. The van der Waals surface area contributed by atoms with Gasteiger partial charge >= 0.3 is 0 Å². The molecule has 2 nitrogen and oxygen atoms in total. The lowest BCUT2D eigenvalue weighted by Crippen LogP contribution is -1.96. The van der Waals surface area contributed by atoms with Gasteiger partial charge in [0.2, 0.25) is 6.41 Å². The Kier molecular flexibility index (Phi) is 5.31. The third-order valence-electron chi connectivity index (χ3n) is 2.50. The molecule has 0 atom stereocenters. The first-order chi connectivity index (χ1) is 9.20. The molecule has 0 aliphatic heterocycles. The van der Waals surface area contributed by atoms with Crippen LogP contribution in [0.15, 0.2) is 51.8 Å². The van der Waals surface area contributed by atoms with Crippen LogP contribution in [0.2, 0.25) is 5.02 Å². The van der Waals surface area contributed by atoms with Crippen molar-refractivity contribution in [2.24, 2.45) is 0 Å². The van der Waals surface area contributed by atoms with E-state index in [0.717, 1.165) is 20.8 Å². The number of hydrogen-bond donors (Lipinski definition) is 1. The van der Waals surface area contributed by atoms with Crippen molar-refractivity contribution in [3.63, 3.8) is 0 Å². The maximum Gasteiger partial charge on any atom is 0.211 e. The number of thioether (sulfide) groups is 1. The predicted molar refractivity (Wildman–Crippen MR) is 84.8 cm³/mol. The highest BCUT2D eigenvalue weighted by atomic mass is 79.9. The minimum atomic E-state index is 0.606. The minimum absolute atomic E-state index is 0.606. The van der Waals surface area contributed by atoms with E-state index in [4.69, 9.17) is 11.6 Å². The Labute approximate surface area is 129 Å². The fourth-order valence-electron chi connectivity index (χ4n) is 1.58. The van der Waals surface area contributed by atoms with E-state index in [2.05, 4.69) is 27.3 Å². The first kappa shape index (κ1) is 14.4. The van der Waals surface area contributed by atoms with E-state index in [9.17, 15) is 4.79 Å². The predicted octanol–water partition coefficient (Wildman–Crippen LogP) is 4.96. The third kappa shape index (κ3) is 4.00. The monoisotopic (exact) mass is 355 g/mol. The van der Waals surface area contributed by atoms with Gasteiger partial charge in [-0.2, -0.15) is 0 Å². The van der Waals surface area contributed by atoms with Gasteiger partial charge in [-0.05, 0) is 29.8 Å². The van der Waals surface area contributed by atoms with Crippen LogP contribution in [0.3, 0.4) is 0 Å². The maximum absolute atomic E-state index is 10.6. The van der Waals surface area contributed by atoms with Crippen molar-refractivity contribution < 1.29 is 4.79 Å². The molecule has 5 heteroatoms. The fourth-order valence-corrected chi connectivity index (χ4v) is 3.36. The highest BCUT2D eigenvalue weighted by molar-refractivity contribution is 9.10. The molecule has 0 radical (unpaired) electrons. The summed E-state index contributed by atoms with van der Waals surface area (Å²) >= 11 is 11.1. The summed E-state index contributed by atoms with van der Waals surface area (Å²) in [6.07, 6.45) is 0.661. The largest absolute Gasteiger partial charge is 0.328 e. The van der Waals surface area contributed by atoms with Crippen LogP contribution in [0.4, 0.5) is 5.69 Å². The molecule has 0 unspecified atom stereocenters. The van der Waals surface area contributed by atoms with E-state index < -0.39 is 0 Å². The molecule has 2 rings (SSSR count). The molecule has 0 aromatic heterocycles. The van der Waals surface area contributed by atoms with Crippen molar-refractivity contribution in [3.8, 4) is 0 Å². The molecule has 0 aliphatic rings. The van der Waals surface area contributed by atoms with Crippen LogP contribution >= 0.6 is 39.3 Å². The summed E-state index contributed by atoms with van der Waals surface area (Å²) in [5, 5.41) is 3.28. The molecule has 1 N–H and O–H groups in total. The fraction of sp³-hybridized carbons (Fsp3) is 0.0714. The summed E-state index contributed by atoms with van der Waals surface area (Å²) in [4.78, 5) is 11.6. The summed E-state index contributed by atoms with van der Waals surface area (Å²) in [5.41, 5.74) is 1.94. The number of benzene rings is 2. The highest BCUT2D eigenvalue weighted by Crippen LogP contribution is 2.33. The van der Waals surface area contributed by atoms with Gasteiger partial charge < -0.3 is 5.32 Å². The number of nitrogens with one attached hydrogen (secondary N) is 1. The van der Waals surface area contributed by atoms with E-state index in [1.165, 1.54) is 5.56 Å². The SMILES string of the molecule is O=CNc1cc(Cl)ccc1SCc1ccccc1Br. The molecule has 0 bridgehead atoms. The molecule has 0 saturated carbocycles.